The highest BCUT2D eigenvalue weighted by Gasteiger charge is 2.21. The number of hydrogen-bond donors (Lipinski definition) is 0. The third-order valence-electron chi connectivity index (χ3n) is 2.55. The lowest BCUT2D eigenvalue weighted by Gasteiger charge is -2.17. The van der Waals surface area contributed by atoms with Gasteiger partial charge in [0.2, 0.25) is 0 Å². The van der Waals surface area contributed by atoms with Crippen molar-refractivity contribution in [3.05, 3.63) is 23.8 Å². The van der Waals surface area contributed by atoms with Crippen LogP contribution in [0.3, 0.4) is 0 Å². The van der Waals surface area contributed by atoms with Gasteiger partial charge in [-0.3, -0.25) is 9.59 Å². The number of hydrogen-bond acceptors (Lipinski definition) is 2. The highest BCUT2D eigenvalue weighted by Crippen LogP contribution is 2.21. The van der Waals surface area contributed by atoms with Gasteiger partial charge in [0.15, 0.2) is 5.78 Å². The maximum atomic E-state index is 11.7. The number of ketones is 2. The third kappa shape index (κ3) is 3.46. The van der Waals surface area contributed by atoms with Gasteiger partial charge in [0, 0.05) is 18.3 Å². The number of Topliss-reactive ketones (excluding diaryl/α,β-unsaturated/α-hetero) is 2. The van der Waals surface area contributed by atoms with Crippen LogP contribution in [0.2, 0.25) is 0 Å². The fourth-order valence-electron chi connectivity index (χ4n) is 1.43. The number of carbonyl (C=O) groups excluding carboxylic acids is 2. The second kappa shape index (κ2) is 4.56. The van der Waals surface area contributed by atoms with E-state index in [0.717, 1.165) is 5.57 Å². The summed E-state index contributed by atoms with van der Waals surface area (Å²) in [5, 5.41) is 0. The summed E-state index contributed by atoms with van der Waals surface area (Å²) < 4.78 is 0. The fraction of sp³-hybridized carbons (Fsp3) is 0.538. The van der Waals surface area contributed by atoms with Crippen molar-refractivity contribution in [2.45, 2.75) is 40.0 Å². The number of rotatable bonds is 3. The monoisotopic (exact) mass is 206 g/mol. The number of carbonyl (C=O) groups is 2. The summed E-state index contributed by atoms with van der Waals surface area (Å²) in [6, 6.07) is 0. The molecule has 1 aliphatic rings. The molecule has 0 atom stereocenters. The van der Waals surface area contributed by atoms with Crippen LogP contribution in [-0.2, 0) is 9.59 Å². The van der Waals surface area contributed by atoms with Crippen LogP contribution in [0.15, 0.2) is 23.8 Å². The van der Waals surface area contributed by atoms with Gasteiger partial charge in [-0.05, 0) is 12.0 Å². The Balaban J connectivity index is 2.51. The van der Waals surface area contributed by atoms with Crippen molar-refractivity contribution in [3.63, 3.8) is 0 Å². The summed E-state index contributed by atoms with van der Waals surface area (Å²) in [6.45, 7) is 5.73. The van der Waals surface area contributed by atoms with Crippen LogP contribution < -0.4 is 0 Å². The largest absolute Gasteiger partial charge is 0.299 e. The van der Waals surface area contributed by atoms with Crippen molar-refractivity contribution >= 4 is 11.6 Å². The van der Waals surface area contributed by atoms with Gasteiger partial charge in [0.05, 0.1) is 0 Å². The van der Waals surface area contributed by atoms with Gasteiger partial charge in [-0.1, -0.05) is 39.0 Å². The predicted octanol–water partition coefficient (Wildman–Crippen LogP) is 2.84. The average molecular weight is 206 g/mol. The van der Waals surface area contributed by atoms with Crippen molar-refractivity contribution in [2.24, 2.45) is 5.41 Å². The molecule has 0 fully saturated rings. The molecule has 2 nitrogen and oxygen atoms in total. The zero-order valence-electron chi connectivity index (χ0n) is 9.67. The topological polar surface area (TPSA) is 34.1 Å². The Bertz CT molecular complexity index is 327. The SMILES string of the molecule is CC(C)(C)C(=O)CCC1=CC=CCC1=O. The van der Waals surface area contributed by atoms with Crippen molar-refractivity contribution < 1.29 is 9.59 Å². The van der Waals surface area contributed by atoms with Crippen LogP contribution in [0.1, 0.15) is 40.0 Å². The first-order valence-electron chi connectivity index (χ1n) is 5.33. The van der Waals surface area contributed by atoms with Crippen LogP contribution >= 0.6 is 0 Å². The maximum Gasteiger partial charge on any atom is 0.162 e. The Morgan fingerprint density at radius 1 is 1.40 bits per heavy atom. The molecule has 0 aromatic rings. The summed E-state index contributed by atoms with van der Waals surface area (Å²) in [4.78, 5) is 23.1. The van der Waals surface area contributed by atoms with Gasteiger partial charge in [-0.2, -0.15) is 0 Å². The quantitative estimate of drug-likeness (QED) is 0.711. The molecule has 0 N–H and O–H groups in total. The van der Waals surface area contributed by atoms with Crippen LogP contribution in [0.25, 0.3) is 0 Å². The van der Waals surface area contributed by atoms with E-state index in [0.29, 0.717) is 19.3 Å². The molecule has 0 aliphatic heterocycles. The minimum atomic E-state index is -0.298. The Kier molecular flexibility index (Phi) is 3.61. The zero-order chi connectivity index (χ0) is 11.5. The second-order valence-electron chi connectivity index (χ2n) is 4.92. The lowest BCUT2D eigenvalue weighted by atomic mass is 9.86. The molecule has 1 rings (SSSR count). The molecule has 0 aromatic carbocycles. The molecule has 0 unspecified atom stereocenters. The summed E-state index contributed by atoms with van der Waals surface area (Å²) in [6.07, 6.45) is 7.08. The van der Waals surface area contributed by atoms with Crippen molar-refractivity contribution in [3.8, 4) is 0 Å². The predicted molar refractivity (Wildman–Crippen MR) is 60.5 cm³/mol. The highest BCUT2D eigenvalue weighted by molar-refractivity contribution is 5.98. The van der Waals surface area contributed by atoms with E-state index < -0.39 is 0 Å². The fourth-order valence-corrected chi connectivity index (χ4v) is 1.43. The molecule has 0 radical (unpaired) electrons. The van der Waals surface area contributed by atoms with Gasteiger partial charge < -0.3 is 0 Å². The molecule has 2 heteroatoms. The van der Waals surface area contributed by atoms with Crippen molar-refractivity contribution in [2.75, 3.05) is 0 Å². The molecule has 15 heavy (non-hydrogen) atoms. The molecule has 1 aliphatic carbocycles. The van der Waals surface area contributed by atoms with Crippen LogP contribution in [0, 0.1) is 5.41 Å². The van der Waals surface area contributed by atoms with Crippen LogP contribution in [0.5, 0.6) is 0 Å². The zero-order valence-corrected chi connectivity index (χ0v) is 9.67. The van der Waals surface area contributed by atoms with Crippen LogP contribution in [-0.4, -0.2) is 11.6 Å². The summed E-state index contributed by atoms with van der Waals surface area (Å²) in [5.74, 6) is 0.366. The standard InChI is InChI=1S/C13H18O2/c1-13(2,3)12(15)9-8-10-6-4-5-7-11(10)14/h4-6H,7-9H2,1-3H3. The van der Waals surface area contributed by atoms with E-state index in [-0.39, 0.29) is 17.0 Å². The van der Waals surface area contributed by atoms with Gasteiger partial charge in [0.25, 0.3) is 0 Å². The molecular weight excluding hydrogens is 188 g/mol. The van der Waals surface area contributed by atoms with E-state index in [2.05, 4.69) is 0 Å². The molecule has 0 saturated carbocycles. The van der Waals surface area contributed by atoms with E-state index in [1.807, 2.05) is 39.0 Å². The maximum absolute atomic E-state index is 11.7. The van der Waals surface area contributed by atoms with E-state index in [1.54, 1.807) is 0 Å². The van der Waals surface area contributed by atoms with E-state index in [4.69, 9.17) is 0 Å². The third-order valence-corrected chi connectivity index (χ3v) is 2.55. The molecule has 0 amide bonds. The number of allylic oxidation sites excluding steroid dienone is 4. The first-order chi connectivity index (χ1) is 6.91. The average Bonchev–Trinajstić information content (AvgIpc) is 2.14. The van der Waals surface area contributed by atoms with Crippen molar-refractivity contribution in [1.29, 1.82) is 0 Å². The summed E-state index contributed by atoms with van der Waals surface area (Å²) in [7, 11) is 0. The lowest BCUT2D eigenvalue weighted by Crippen LogP contribution is -2.20. The molecule has 0 saturated heterocycles. The van der Waals surface area contributed by atoms with E-state index >= 15 is 0 Å². The van der Waals surface area contributed by atoms with Crippen molar-refractivity contribution in [1.82, 2.24) is 0 Å². The van der Waals surface area contributed by atoms with Crippen LogP contribution in [0.4, 0.5) is 0 Å². The summed E-state index contributed by atoms with van der Waals surface area (Å²) in [5.41, 5.74) is 0.490. The molecule has 0 bridgehead atoms. The van der Waals surface area contributed by atoms with Gasteiger partial charge in [-0.25, -0.2) is 0 Å². The minimum absolute atomic E-state index is 0.152. The van der Waals surface area contributed by atoms with E-state index in [9.17, 15) is 9.59 Å². The molecule has 82 valence electrons. The smallest absolute Gasteiger partial charge is 0.162 e. The molecule has 0 aromatic heterocycles. The highest BCUT2D eigenvalue weighted by atomic mass is 16.1. The second-order valence-corrected chi connectivity index (χ2v) is 4.92. The van der Waals surface area contributed by atoms with Gasteiger partial charge in [0.1, 0.15) is 5.78 Å². The first kappa shape index (κ1) is 11.9. The van der Waals surface area contributed by atoms with Gasteiger partial charge in [-0.15, -0.1) is 0 Å². The normalized spacial score (nSPS) is 16.5. The molecule has 0 heterocycles. The lowest BCUT2D eigenvalue weighted by molar-refractivity contribution is -0.126. The minimum Gasteiger partial charge on any atom is -0.299 e. The molecule has 0 spiro atoms. The Hall–Kier alpha value is -1.18. The Morgan fingerprint density at radius 2 is 2.07 bits per heavy atom. The first-order valence-corrected chi connectivity index (χ1v) is 5.33. The van der Waals surface area contributed by atoms with E-state index in [1.165, 1.54) is 0 Å². The summed E-state index contributed by atoms with van der Waals surface area (Å²) >= 11 is 0. The Morgan fingerprint density at radius 3 is 2.60 bits per heavy atom. The molecular formula is C13H18O2. The Labute approximate surface area is 91.1 Å². The van der Waals surface area contributed by atoms with Gasteiger partial charge >= 0.3 is 0 Å².